The first-order valence-electron chi connectivity index (χ1n) is 6.98. The molecule has 0 radical (unpaired) electrons. The number of benzene rings is 2. The van der Waals surface area contributed by atoms with Crippen LogP contribution in [-0.2, 0) is 11.2 Å². The molecule has 0 spiro atoms. The lowest BCUT2D eigenvalue weighted by molar-refractivity contribution is -0.141. The van der Waals surface area contributed by atoms with Crippen molar-refractivity contribution in [2.24, 2.45) is 5.92 Å². The Morgan fingerprint density at radius 3 is 2.43 bits per heavy atom. The van der Waals surface area contributed by atoms with Crippen molar-refractivity contribution in [1.82, 2.24) is 0 Å². The van der Waals surface area contributed by atoms with E-state index in [0.29, 0.717) is 12.8 Å². The van der Waals surface area contributed by atoms with Crippen molar-refractivity contribution in [3.8, 4) is 11.8 Å². The summed E-state index contributed by atoms with van der Waals surface area (Å²) in [6, 6.07) is 17.5. The molecule has 0 saturated carbocycles. The first kappa shape index (κ1) is 14.9. The molecule has 2 aromatic carbocycles. The van der Waals surface area contributed by atoms with E-state index < -0.39 is 11.9 Å². The molecule has 1 unspecified atom stereocenters. The highest BCUT2D eigenvalue weighted by Gasteiger charge is 2.17. The van der Waals surface area contributed by atoms with Crippen LogP contribution in [0.5, 0.6) is 0 Å². The summed E-state index contributed by atoms with van der Waals surface area (Å²) in [5.41, 5.74) is 3.11. The van der Waals surface area contributed by atoms with E-state index >= 15 is 0 Å². The van der Waals surface area contributed by atoms with Gasteiger partial charge in [-0.1, -0.05) is 54.3 Å². The highest BCUT2D eigenvalue weighted by molar-refractivity contribution is 5.71. The van der Waals surface area contributed by atoms with E-state index in [-0.39, 0.29) is 0 Å². The topological polar surface area (TPSA) is 37.3 Å². The molecule has 21 heavy (non-hydrogen) atoms. The quantitative estimate of drug-likeness (QED) is 0.866. The number of rotatable bonds is 4. The Labute approximate surface area is 125 Å². The normalized spacial score (nSPS) is 11.3. The minimum absolute atomic E-state index is 0.360. The minimum atomic E-state index is -0.791. The lowest BCUT2D eigenvalue weighted by atomic mass is 9.94. The fourth-order valence-electron chi connectivity index (χ4n) is 2.15. The van der Waals surface area contributed by atoms with Crippen LogP contribution < -0.4 is 0 Å². The predicted octanol–water partition coefficient (Wildman–Crippen LogP) is 3.68. The van der Waals surface area contributed by atoms with Gasteiger partial charge in [0.05, 0.1) is 5.92 Å². The number of carboxylic acids is 1. The van der Waals surface area contributed by atoms with Gasteiger partial charge in [-0.15, -0.1) is 0 Å². The molecular weight excluding hydrogens is 260 g/mol. The second kappa shape index (κ2) is 7.31. The van der Waals surface area contributed by atoms with Crippen LogP contribution in [0.15, 0.2) is 54.6 Å². The molecule has 1 atom stereocenters. The number of hydrogen-bond acceptors (Lipinski definition) is 1. The van der Waals surface area contributed by atoms with Gasteiger partial charge in [-0.3, -0.25) is 4.79 Å². The summed E-state index contributed by atoms with van der Waals surface area (Å²) in [6.07, 6.45) is 0.879. The number of aliphatic carboxylic acids is 1. The van der Waals surface area contributed by atoms with Crippen LogP contribution in [0, 0.1) is 24.7 Å². The summed E-state index contributed by atoms with van der Waals surface area (Å²) in [4.78, 5) is 11.4. The van der Waals surface area contributed by atoms with Crippen LogP contribution in [-0.4, -0.2) is 11.1 Å². The molecule has 2 aromatic rings. The van der Waals surface area contributed by atoms with Crippen molar-refractivity contribution in [2.45, 2.75) is 19.8 Å². The van der Waals surface area contributed by atoms with Gasteiger partial charge in [0.1, 0.15) is 0 Å². The first-order valence-corrected chi connectivity index (χ1v) is 6.98. The number of carbonyl (C=O) groups is 1. The molecule has 0 fully saturated rings. The maximum atomic E-state index is 11.4. The van der Waals surface area contributed by atoms with Crippen molar-refractivity contribution in [3.05, 3.63) is 71.3 Å². The average molecular weight is 278 g/mol. The van der Waals surface area contributed by atoms with Gasteiger partial charge in [0.2, 0.25) is 0 Å². The monoisotopic (exact) mass is 278 g/mol. The molecule has 0 aliphatic carbocycles. The largest absolute Gasteiger partial charge is 0.481 e. The van der Waals surface area contributed by atoms with E-state index in [2.05, 4.69) is 11.8 Å². The van der Waals surface area contributed by atoms with Gasteiger partial charge in [0.25, 0.3) is 0 Å². The molecule has 2 rings (SSSR count). The fraction of sp³-hybridized carbons (Fsp3) is 0.211. The van der Waals surface area contributed by atoms with Crippen LogP contribution in [0.4, 0.5) is 0 Å². The highest BCUT2D eigenvalue weighted by atomic mass is 16.4. The van der Waals surface area contributed by atoms with E-state index in [1.807, 2.05) is 61.5 Å². The molecule has 0 heterocycles. The average Bonchev–Trinajstić information content (AvgIpc) is 2.49. The summed E-state index contributed by atoms with van der Waals surface area (Å²) in [5.74, 6) is 4.75. The van der Waals surface area contributed by atoms with E-state index in [9.17, 15) is 9.90 Å². The molecule has 2 heteroatoms. The van der Waals surface area contributed by atoms with Crippen molar-refractivity contribution < 1.29 is 9.90 Å². The van der Waals surface area contributed by atoms with Crippen molar-refractivity contribution in [3.63, 3.8) is 0 Å². The number of hydrogen-bond donors (Lipinski definition) is 1. The second-order valence-electron chi connectivity index (χ2n) is 5.04. The van der Waals surface area contributed by atoms with Crippen molar-refractivity contribution >= 4 is 5.97 Å². The molecule has 0 aliphatic rings. The second-order valence-corrected chi connectivity index (χ2v) is 5.04. The van der Waals surface area contributed by atoms with E-state index in [4.69, 9.17) is 0 Å². The van der Waals surface area contributed by atoms with Crippen molar-refractivity contribution in [2.75, 3.05) is 0 Å². The molecule has 0 saturated heterocycles. The Bertz CT molecular complexity index is 663. The highest BCUT2D eigenvalue weighted by Crippen LogP contribution is 2.16. The molecular formula is C19H18O2. The van der Waals surface area contributed by atoms with E-state index in [1.54, 1.807) is 0 Å². The van der Waals surface area contributed by atoms with Gasteiger partial charge in [-0.2, -0.15) is 0 Å². The Hall–Kier alpha value is -2.53. The Balaban J connectivity index is 2.06. The smallest absolute Gasteiger partial charge is 0.307 e. The van der Waals surface area contributed by atoms with Gasteiger partial charge in [0, 0.05) is 12.0 Å². The molecule has 0 bridgehead atoms. The maximum Gasteiger partial charge on any atom is 0.307 e. The summed E-state index contributed by atoms with van der Waals surface area (Å²) >= 11 is 0. The summed E-state index contributed by atoms with van der Waals surface area (Å²) in [6.45, 7) is 2.00. The summed E-state index contributed by atoms with van der Waals surface area (Å²) in [7, 11) is 0. The third-order valence-electron chi connectivity index (χ3n) is 3.43. The number of carboxylic acid groups (broad SMARTS) is 1. The van der Waals surface area contributed by atoms with Crippen LogP contribution in [0.25, 0.3) is 0 Å². The zero-order valence-electron chi connectivity index (χ0n) is 12.0. The Morgan fingerprint density at radius 2 is 1.76 bits per heavy atom. The molecule has 1 N–H and O–H groups in total. The van der Waals surface area contributed by atoms with E-state index in [0.717, 1.165) is 16.7 Å². The van der Waals surface area contributed by atoms with Crippen molar-refractivity contribution in [1.29, 1.82) is 0 Å². The first-order chi connectivity index (χ1) is 10.2. The molecule has 0 aliphatic heterocycles. The molecule has 0 amide bonds. The van der Waals surface area contributed by atoms with Gasteiger partial charge < -0.3 is 5.11 Å². The van der Waals surface area contributed by atoms with Gasteiger partial charge in [0.15, 0.2) is 0 Å². The minimum Gasteiger partial charge on any atom is -0.481 e. The molecule has 0 aromatic heterocycles. The van der Waals surface area contributed by atoms with Gasteiger partial charge in [-0.05, 0) is 36.6 Å². The van der Waals surface area contributed by atoms with Crippen LogP contribution in [0.3, 0.4) is 0 Å². The van der Waals surface area contributed by atoms with E-state index in [1.165, 1.54) is 0 Å². The SMILES string of the molecule is Cc1ccccc1CC(CC#Cc1ccccc1)C(=O)O. The van der Waals surface area contributed by atoms with Crippen LogP contribution in [0.1, 0.15) is 23.1 Å². The maximum absolute atomic E-state index is 11.4. The zero-order chi connectivity index (χ0) is 15.1. The van der Waals surface area contributed by atoms with Gasteiger partial charge >= 0.3 is 5.97 Å². The standard InChI is InChI=1S/C19H18O2/c1-15-8-5-6-12-17(15)14-18(19(20)21)13-7-11-16-9-3-2-4-10-16/h2-6,8-10,12,18H,13-14H2,1H3,(H,20,21). The predicted molar refractivity (Wildman–Crippen MR) is 83.9 cm³/mol. The molecule has 106 valence electrons. The van der Waals surface area contributed by atoms with Crippen LogP contribution in [0.2, 0.25) is 0 Å². The Kier molecular flexibility index (Phi) is 5.17. The fourth-order valence-corrected chi connectivity index (χ4v) is 2.15. The third kappa shape index (κ3) is 4.50. The lowest BCUT2D eigenvalue weighted by Gasteiger charge is -2.11. The lowest BCUT2D eigenvalue weighted by Crippen LogP contribution is -2.16. The van der Waals surface area contributed by atoms with Crippen LogP contribution >= 0.6 is 0 Å². The molecule has 2 nitrogen and oxygen atoms in total. The summed E-state index contributed by atoms with van der Waals surface area (Å²) in [5, 5.41) is 9.35. The van der Waals surface area contributed by atoms with Gasteiger partial charge in [-0.25, -0.2) is 0 Å². The third-order valence-corrected chi connectivity index (χ3v) is 3.43. The zero-order valence-corrected chi connectivity index (χ0v) is 12.0. The number of aryl methyl sites for hydroxylation is 1. The Morgan fingerprint density at radius 1 is 1.10 bits per heavy atom. The summed E-state index contributed by atoms with van der Waals surface area (Å²) < 4.78 is 0.